The predicted molar refractivity (Wildman–Crippen MR) is 176 cm³/mol. The van der Waals surface area contributed by atoms with Crippen LogP contribution in [0.15, 0.2) is 89.4 Å². The second-order valence-electron chi connectivity index (χ2n) is 9.57. The van der Waals surface area contributed by atoms with Crippen LogP contribution in [0, 0.1) is 0 Å². The van der Waals surface area contributed by atoms with Crippen LogP contribution in [0.3, 0.4) is 0 Å². The maximum Gasteiger partial charge on any atom is 0.488 e. The zero-order chi connectivity index (χ0) is 34.0. The minimum Gasteiger partial charge on any atom is -0.423 e. The van der Waals surface area contributed by atoms with Gasteiger partial charge in [0.25, 0.3) is 0 Å². The number of nitrogens with one attached hydrogen (secondary N) is 2. The van der Waals surface area contributed by atoms with Crippen molar-refractivity contribution >= 4 is 96.7 Å². The molecule has 0 aliphatic carbocycles. The van der Waals surface area contributed by atoms with Crippen molar-refractivity contribution in [2.24, 2.45) is 0 Å². The van der Waals surface area contributed by atoms with Crippen molar-refractivity contribution in [2.75, 3.05) is 0 Å². The summed E-state index contributed by atoms with van der Waals surface area (Å²) < 4.78 is 75.8. The van der Waals surface area contributed by atoms with E-state index in [-0.39, 0.29) is 0 Å². The van der Waals surface area contributed by atoms with Crippen LogP contribution in [-0.2, 0) is 12.4 Å². The average molecular weight is 785 g/mol. The van der Waals surface area contributed by atoms with Gasteiger partial charge in [0.1, 0.15) is 11.4 Å². The first-order valence-corrected chi connectivity index (χ1v) is 15.0. The van der Waals surface area contributed by atoms with Gasteiger partial charge in [0.05, 0.1) is 10.0 Å². The van der Waals surface area contributed by atoms with Crippen molar-refractivity contribution in [3.63, 3.8) is 0 Å². The molecule has 0 saturated carbocycles. The van der Waals surface area contributed by atoms with Crippen LogP contribution in [0.5, 0.6) is 0 Å². The van der Waals surface area contributed by atoms with Crippen molar-refractivity contribution < 1.29 is 36.4 Å². The second kappa shape index (κ2) is 14.5. The number of hydrogen-bond donors (Lipinski definition) is 4. The summed E-state index contributed by atoms with van der Waals surface area (Å²) in [7, 11) is -1.43. The summed E-state index contributed by atoms with van der Waals surface area (Å²) >= 11 is 26.6. The third-order valence-corrected chi connectivity index (χ3v) is 8.24. The molecular weight excluding hydrogens is 767 g/mol. The predicted octanol–water partition coefficient (Wildman–Crippen LogP) is 10.8. The van der Waals surface area contributed by atoms with Crippen LogP contribution in [0.2, 0.25) is 20.1 Å². The van der Waals surface area contributed by atoms with Gasteiger partial charge in [0, 0.05) is 41.9 Å². The molecule has 0 fully saturated rings. The van der Waals surface area contributed by atoms with Gasteiger partial charge in [-0.15, -0.1) is 0 Å². The van der Waals surface area contributed by atoms with Gasteiger partial charge in [-0.05, 0) is 87.6 Å². The molecule has 6 rings (SSSR count). The molecule has 0 aliphatic rings. The Balaban J connectivity index is 0.000000168. The molecule has 6 aromatic rings. The van der Waals surface area contributed by atoms with Gasteiger partial charge in [-0.1, -0.05) is 70.7 Å². The molecule has 0 aliphatic heterocycles. The highest BCUT2D eigenvalue weighted by molar-refractivity contribution is 9.10. The smallest absolute Gasteiger partial charge is 0.423 e. The Hall–Kier alpha value is -2.84. The molecule has 4 N–H and O–H groups in total. The SMILES string of the molecule is FC(F)(F)c1cc2cc(-c3cccc(Cl)c3)c(Cl)cc2[nH]1.FC(F)(F)c1cc2cc(Br)c(Cl)cc2[nH]1.OB(O)c1cccc(Cl)c1. The van der Waals surface area contributed by atoms with Crippen LogP contribution in [0.1, 0.15) is 11.4 Å². The Bertz CT molecular complexity index is 1960. The van der Waals surface area contributed by atoms with Gasteiger partial charge in [-0.2, -0.15) is 26.3 Å². The van der Waals surface area contributed by atoms with E-state index in [9.17, 15) is 26.3 Å². The van der Waals surface area contributed by atoms with Crippen LogP contribution < -0.4 is 5.46 Å². The van der Waals surface area contributed by atoms with E-state index in [2.05, 4.69) is 25.9 Å². The summed E-state index contributed by atoms with van der Waals surface area (Å²) in [6.07, 6.45) is -8.78. The van der Waals surface area contributed by atoms with E-state index >= 15 is 0 Å². The highest BCUT2D eigenvalue weighted by Crippen LogP contribution is 2.37. The zero-order valence-corrected chi connectivity index (χ0v) is 27.3. The van der Waals surface area contributed by atoms with Gasteiger partial charge in [0.15, 0.2) is 0 Å². The summed E-state index contributed by atoms with van der Waals surface area (Å²) in [5.41, 5.74) is 0.952. The molecule has 0 radical (unpaired) electrons. The summed E-state index contributed by atoms with van der Waals surface area (Å²) in [5.74, 6) is 0. The molecule has 0 spiro atoms. The Morgan fingerprint density at radius 1 is 0.609 bits per heavy atom. The molecule has 46 heavy (non-hydrogen) atoms. The number of aromatic amines is 2. The zero-order valence-electron chi connectivity index (χ0n) is 22.7. The molecule has 0 atom stereocenters. The van der Waals surface area contributed by atoms with Crippen molar-refractivity contribution in [3.8, 4) is 11.1 Å². The first-order chi connectivity index (χ1) is 21.4. The van der Waals surface area contributed by atoms with E-state index in [1.165, 1.54) is 18.2 Å². The Morgan fingerprint density at radius 3 is 1.59 bits per heavy atom. The maximum atomic E-state index is 12.7. The van der Waals surface area contributed by atoms with Gasteiger partial charge in [-0.3, -0.25) is 0 Å². The lowest BCUT2D eigenvalue weighted by molar-refractivity contribution is -0.141. The van der Waals surface area contributed by atoms with Crippen molar-refractivity contribution in [1.82, 2.24) is 9.97 Å². The maximum absolute atomic E-state index is 12.7. The molecule has 240 valence electrons. The topological polar surface area (TPSA) is 72.0 Å². The van der Waals surface area contributed by atoms with E-state index < -0.39 is 30.9 Å². The lowest BCUT2D eigenvalue weighted by atomic mass is 9.81. The van der Waals surface area contributed by atoms with Crippen molar-refractivity contribution in [2.45, 2.75) is 12.4 Å². The van der Waals surface area contributed by atoms with Crippen LogP contribution in [-0.4, -0.2) is 27.1 Å². The highest BCUT2D eigenvalue weighted by atomic mass is 79.9. The normalized spacial score (nSPS) is 11.6. The molecule has 16 heteroatoms. The lowest BCUT2D eigenvalue weighted by Gasteiger charge is -2.05. The fourth-order valence-corrected chi connectivity index (χ4v) is 5.32. The summed E-state index contributed by atoms with van der Waals surface area (Å²) in [6.45, 7) is 0. The van der Waals surface area contributed by atoms with Gasteiger partial charge < -0.3 is 20.0 Å². The van der Waals surface area contributed by atoms with E-state index in [0.717, 1.165) is 17.7 Å². The van der Waals surface area contributed by atoms with E-state index in [0.29, 0.717) is 57.4 Å². The van der Waals surface area contributed by atoms with Crippen molar-refractivity contribution in [1.29, 1.82) is 0 Å². The molecule has 2 aromatic heterocycles. The van der Waals surface area contributed by atoms with Gasteiger partial charge in [-0.25, -0.2) is 0 Å². The van der Waals surface area contributed by atoms with Crippen LogP contribution in [0.25, 0.3) is 32.9 Å². The summed E-state index contributed by atoms with van der Waals surface area (Å²) in [4.78, 5) is 4.60. The third kappa shape index (κ3) is 9.16. The molecule has 2 heterocycles. The second-order valence-corrected chi connectivity index (χ2v) is 12.1. The summed E-state index contributed by atoms with van der Waals surface area (Å²) in [6, 6.07) is 21.7. The lowest BCUT2D eigenvalue weighted by Crippen LogP contribution is -2.29. The number of H-pyrrole nitrogens is 2. The largest absolute Gasteiger partial charge is 0.488 e. The molecule has 0 saturated heterocycles. The Kier molecular flexibility index (Phi) is 11.4. The quantitative estimate of drug-likeness (QED) is 0.104. The number of rotatable bonds is 2. The molecule has 0 bridgehead atoms. The van der Waals surface area contributed by atoms with Gasteiger partial charge in [0.2, 0.25) is 0 Å². The van der Waals surface area contributed by atoms with Gasteiger partial charge >= 0.3 is 19.5 Å². The first-order valence-electron chi connectivity index (χ1n) is 12.7. The minimum atomic E-state index is -4.41. The number of hydrogen-bond acceptors (Lipinski definition) is 2. The fraction of sp³-hybridized carbons (Fsp3) is 0.0667. The Morgan fingerprint density at radius 2 is 1.11 bits per heavy atom. The van der Waals surface area contributed by atoms with E-state index in [1.807, 2.05) is 0 Å². The highest BCUT2D eigenvalue weighted by Gasteiger charge is 2.33. The Labute approximate surface area is 286 Å². The minimum absolute atomic E-state index is 0.345. The molecule has 0 unspecified atom stereocenters. The number of aromatic nitrogens is 2. The molecule has 4 aromatic carbocycles. The number of fused-ring (bicyclic) bond motifs is 2. The van der Waals surface area contributed by atoms with Crippen LogP contribution >= 0.6 is 62.3 Å². The molecule has 4 nitrogen and oxygen atoms in total. The van der Waals surface area contributed by atoms with E-state index in [1.54, 1.807) is 54.6 Å². The first kappa shape index (κ1) is 36.0. The standard InChI is InChI=1S/C15H8Cl2F3N.C9H4BrClF3N.C6H6BClO2/c16-10-3-1-2-8(4-10)11-5-9-6-14(15(18,19)20)21-13(9)7-12(11)17;10-5-1-4-2-8(9(12,13)14)15-7(4)3-6(5)11;8-6-3-1-2-5(4-6)7(9)10/h1-7,21H;1-3,15H;1-4,9-10H. The summed E-state index contributed by atoms with van der Waals surface area (Å²) in [5, 5.41) is 20.0. The third-order valence-electron chi connectivity index (χ3n) is 6.26. The molecular formula is C30H18BBrCl4F6N2O2. The monoisotopic (exact) mass is 782 g/mol. The molecule has 0 amide bonds. The number of halogens is 11. The number of benzene rings is 4. The van der Waals surface area contributed by atoms with E-state index in [4.69, 9.17) is 56.5 Å². The van der Waals surface area contributed by atoms with Crippen molar-refractivity contribution in [3.05, 3.63) is 121 Å². The number of alkyl halides is 6. The fourth-order valence-electron chi connectivity index (χ4n) is 4.13. The average Bonchev–Trinajstić information content (AvgIpc) is 3.57. The van der Waals surface area contributed by atoms with Crippen LogP contribution in [0.4, 0.5) is 26.3 Å².